The van der Waals surface area contributed by atoms with Gasteiger partial charge in [-0.25, -0.2) is 9.82 Å². The van der Waals surface area contributed by atoms with Crippen LogP contribution in [0.5, 0.6) is 0 Å². The van der Waals surface area contributed by atoms with Crippen molar-refractivity contribution in [2.75, 3.05) is 6.61 Å². The average molecular weight is 287 g/mol. The quantitative estimate of drug-likeness (QED) is 0.663. The van der Waals surface area contributed by atoms with Gasteiger partial charge in [0.25, 0.3) is 0 Å². The van der Waals surface area contributed by atoms with E-state index in [0.717, 1.165) is 17.7 Å². The summed E-state index contributed by atoms with van der Waals surface area (Å²) in [6.07, 6.45) is 2.87. The minimum atomic E-state index is -0.291. The summed E-state index contributed by atoms with van der Waals surface area (Å²) < 4.78 is 19.0. The molecule has 0 saturated carbocycles. The second kappa shape index (κ2) is 4.95. The summed E-state index contributed by atoms with van der Waals surface area (Å²) in [6, 6.07) is 4.56. The zero-order valence-electron chi connectivity index (χ0n) is 8.54. The van der Waals surface area contributed by atoms with Crippen LogP contribution in [-0.4, -0.2) is 6.61 Å². The lowest BCUT2D eigenvalue weighted by Crippen LogP contribution is -2.29. The molecule has 86 valence electrons. The highest BCUT2D eigenvalue weighted by atomic mass is 79.9. The van der Waals surface area contributed by atoms with E-state index in [9.17, 15) is 4.39 Å². The number of hydrogen-bond donors (Lipinski definition) is 2. The second-order valence-electron chi connectivity index (χ2n) is 3.52. The molecule has 0 amide bonds. The summed E-state index contributed by atoms with van der Waals surface area (Å²) in [5, 5.41) is 0. The van der Waals surface area contributed by atoms with Gasteiger partial charge in [0.15, 0.2) is 0 Å². The standard InChI is InChI=1S/C11H12BrFN2O/c12-8-6-7(3-4-9(8)13)11(15-14)10-2-1-5-16-10/h2-4,6,11,15H,1,5,14H2. The number of nitrogens with one attached hydrogen (secondary N) is 1. The van der Waals surface area contributed by atoms with E-state index >= 15 is 0 Å². The van der Waals surface area contributed by atoms with Gasteiger partial charge in [0.1, 0.15) is 17.6 Å². The molecule has 1 aromatic rings. The molecule has 0 spiro atoms. The molecule has 1 aliphatic rings. The fourth-order valence-electron chi connectivity index (χ4n) is 1.67. The Morgan fingerprint density at radius 2 is 2.31 bits per heavy atom. The molecule has 1 unspecified atom stereocenters. The lowest BCUT2D eigenvalue weighted by atomic mass is 10.1. The molecule has 16 heavy (non-hydrogen) atoms. The molecule has 5 heteroatoms. The summed E-state index contributed by atoms with van der Waals surface area (Å²) in [5.41, 5.74) is 3.54. The molecule has 3 N–H and O–H groups in total. The van der Waals surface area contributed by atoms with Crippen molar-refractivity contribution in [2.24, 2.45) is 5.84 Å². The van der Waals surface area contributed by atoms with E-state index in [1.165, 1.54) is 6.07 Å². The average Bonchev–Trinajstić information content (AvgIpc) is 2.78. The van der Waals surface area contributed by atoms with Gasteiger partial charge in [0.2, 0.25) is 0 Å². The first-order valence-electron chi connectivity index (χ1n) is 4.96. The Bertz CT molecular complexity index is 422. The highest BCUT2D eigenvalue weighted by Gasteiger charge is 2.20. The van der Waals surface area contributed by atoms with Crippen molar-refractivity contribution in [3.63, 3.8) is 0 Å². The van der Waals surface area contributed by atoms with Crippen molar-refractivity contribution in [3.05, 3.63) is 45.9 Å². The summed E-state index contributed by atoms with van der Waals surface area (Å²) >= 11 is 3.15. The Kier molecular flexibility index (Phi) is 3.58. The van der Waals surface area contributed by atoms with Crippen LogP contribution >= 0.6 is 15.9 Å². The number of rotatable bonds is 3. The predicted molar refractivity (Wildman–Crippen MR) is 62.8 cm³/mol. The molecule has 1 aromatic carbocycles. The van der Waals surface area contributed by atoms with Crippen LogP contribution in [0.15, 0.2) is 34.5 Å². The third-order valence-corrected chi connectivity index (χ3v) is 3.07. The maximum Gasteiger partial charge on any atom is 0.137 e. The van der Waals surface area contributed by atoms with E-state index in [4.69, 9.17) is 10.6 Å². The zero-order chi connectivity index (χ0) is 11.5. The Labute approximate surface area is 102 Å². The van der Waals surface area contributed by atoms with Crippen molar-refractivity contribution in [2.45, 2.75) is 12.5 Å². The van der Waals surface area contributed by atoms with Crippen LogP contribution in [0.25, 0.3) is 0 Å². The first-order chi connectivity index (χ1) is 7.72. The molecule has 2 rings (SSSR count). The van der Waals surface area contributed by atoms with Crippen molar-refractivity contribution >= 4 is 15.9 Å². The van der Waals surface area contributed by atoms with Crippen LogP contribution in [0.1, 0.15) is 18.0 Å². The number of nitrogens with two attached hydrogens (primary N) is 1. The minimum absolute atomic E-state index is 0.223. The van der Waals surface area contributed by atoms with E-state index in [1.807, 2.05) is 6.08 Å². The third-order valence-electron chi connectivity index (χ3n) is 2.46. The van der Waals surface area contributed by atoms with Gasteiger partial charge < -0.3 is 4.74 Å². The Morgan fingerprint density at radius 1 is 1.50 bits per heavy atom. The fourth-order valence-corrected chi connectivity index (χ4v) is 2.07. The minimum Gasteiger partial charge on any atom is -0.496 e. The van der Waals surface area contributed by atoms with E-state index in [-0.39, 0.29) is 11.9 Å². The van der Waals surface area contributed by atoms with Crippen LogP contribution < -0.4 is 11.3 Å². The number of ether oxygens (including phenoxy) is 1. The highest BCUT2D eigenvalue weighted by molar-refractivity contribution is 9.10. The molecular formula is C11H12BrFN2O. The van der Waals surface area contributed by atoms with E-state index in [0.29, 0.717) is 11.1 Å². The van der Waals surface area contributed by atoms with Crippen molar-refractivity contribution in [1.82, 2.24) is 5.43 Å². The molecule has 1 atom stereocenters. The van der Waals surface area contributed by atoms with Crippen molar-refractivity contribution in [1.29, 1.82) is 0 Å². The largest absolute Gasteiger partial charge is 0.496 e. The van der Waals surface area contributed by atoms with Gasteiger partial charge in [-0.15, -0.1) is 0 Å². The maximum atomic E-state index is 13.1. The van der Waals surface area contributed by atoms with Gasteiger partial charge >= 0.3 is 0 Å². The van der Waals surface area contributed by atoms with Crippen LogP contribution in [0, 0.1) is 5.82 Å². The SMILES string of the molecule is NNC(C1=CCCO1)c1ccc(F)c(Br)c1. The summed E-state index contributed by atoms with van der Waals surface area (Å²) in [4.78, 5) is 0. The molecule has 1 heterocycles. The van der Waals surface area contributed by atoms with Crippen LogP contribution in [0.3, 0.4) is 0 Å². The van der Waals surface area contributed by atoms with E-state index in [1.54, 1.807) is 12.1 Å². The molecule has 0 saturated heterocycles. The second-order valence-corrected chi connectivity index (χ2v) is 4.37. The summed E-state index contributed by atoms with van der Waals surface area (Å²) in [7, 11) is 0. The van der Waals surface area contributed by atoms with Gasteiger partial charge in [0, 0.05) is 6.42 Å². The molecule has 0 fully saturated rings. The van der Waals surface area contributed by atoms with Gasteiger partial charge in [-0.3, -0.25) is 5.84 Å². The first kappa shape index (κ1) is 11.6. The predicted octanol–water partition coefficient (Wildman–Crippen LogP) is 2.40. The summed E-state index contributed by atoms with van der Waals surface area (Å²) in [5.74, 6) is 5.99. The highest BCUT2D eigenvalue weighted by Crippen LogP contribution is 2.28. The third kappa shape index (κ3) is 2.26. The molecular weight excluding hydrogens is 275 g/mol. The van der Waals surface area contributed by atoms with E-state index in [2.05, 4.69) is 21.4 Å². The normalized spacial score (nSPS) is 16.8. The first-order valence-corrected chi connectivity index (χ1v) is 5.75. The molecule has 0 radical (unpaired) electrons. The maximum absolute atomic E-state index is 13.1. The number of halogens is 2. The Balaban J connectivity index is 2.29. The lowest BCUT2D eigenvalue weighted by molar-refractivity contribution is 0.215. The number of hydrogen-bond acceptors (Lipinski definition) is 3. The lowest BCUT2D eigenvalue weighted by Gasteiger charge is -2.17. The van der Waals surface area contributed by atoms with Crippen molar-refractivity contribution in [3.8, 4) is 0 Å². The fraction of sp³-hybridized carbons (Fsp3) is 0.273. The van der Waals surface area contributed by atoms with Crippen LogP contribution in [-0.2, 0) is 4.74 Å². The Hall–Kier alpha value is -0.910. The topological polar surface area (TPSA) is 47.3 Å². The molecule has 0 bridgehead atoms. The smallest absolute Gasteiger partial charge is 0.137 e. The molecule has 3 nitrogen and oxygen atoms in total. The zero-order valence-corrected chi connectivity index (χ0v) is 10.1. The van der Waals surface area contributed by atoms with Gasteiger partial charge in [-0.05, 0) is 39.7 Å². The summed E-state index contributed by atoms with van der Waals surface area (Å²) in [6.45, 7) is 0.676. The van der Waals surface area contributed by atoms with Crippen LogP contribution in [0.2, 0.25) is 0 Å². The number of hydrazine groups is 1. The number of benzene rings is 1. The Morgan fingerprint density at radius 3 is 2.88 bits per heavy atom. The monoisotopic (exact) mass is 286 g/mol. The molecule has 0 aliphatic carbocycles. The molecule has 0 aromatic heterocycles. The molecule has 1 aliphatic heterocycles. The van der Waals surface area contributed by atoms with Crippen LogP contribution in [0.4, 0.5) is 4.39 Å². The van der Waals surface area contributed by atoms with E-state index < -0.39 is 0 Å². The van der Waals surface area contributed by atoms with Gasteiger partial charge in [-0.2, -0.15) is 0 Å². The van der Waals surface area contributed by atoms with Crippen molar-refractivity contribution < 1.29 is 9.13 Å². The van der Waals surface area contributed by atoms with Gasteiger partial charge in [-0.1, -0.05) is 6.07 Å². The van der Waals surface area contributed by atoms with Gasteiger partial charge in [0.05, 0.1) is 11.1 Å².